The first-order valence-corrected chi connectivity index (χ1v) is 6.82. The lowest BCUT2D eigenvalue weighted by Crippen LogP contribution is -2.31. The molecular weight excluding hydrogens is 244 g/mol. The quantitative estimate of drug-likeness (QED) is 0.691. The third kappa shape index (κ3) is 7.25. The molecule has 1 heterocycles. The van der Waals surface area contributed by atoms with Gasteiger partial charge in [-0.25, -0.2) is 4.98 Å². The van der Waals surface area contributed by atoms with Gasteiger partial charge in [0.05, 0.1) is 25.4 Å². The highest BCUT2D eigenvalue weighted by atomic mass is 16.5. The molecule has 0 amide bonds. The Morgan fingerprint density at radius 1 is 1.42 bits per heavy atom. The molecule has 0 fully saturated rings. The lowest BCUT2D eigenvalue weighted by atomic mass is 10.1. The number of aryl methyl sites for hydroxylation is 1. The summed E-state index contributed by atoms with van der Waals surface area (Å²) in [7, 11) is 1.83. The number of hydrogen-bond donors (Lipinski definition) is 2. The Balaban J connectivity index is 2.09. The first-order chi connectivity index (χ1) is 8.97. The summed E-state index contributed by atoms with van der Waals surface area (Å²) in [5.41, 5.74) is 0. The lowest BCUT2D eigenvalue weighted by Gasteiger charge is -2.18. The fourth-order valence-electron chi connectivity index (χ4n) is 1.88. The van der Waals surface area contributed by atoms with E-state index in [0.29, 0.717) is 25.6 Å². The van der Waals surface area contributed by atoms with Crippen molar-refractivity contribution in [3.8, 4) is 0 Å². The van der Waals surface area contributed by atoms with Gasteiger partial charge < -0.3 is 15.2 Å². The van der Waals surface area contributed by atoms with Crippen LogP contribution in [0.4, 0.5) is 0 Å². The van der Waals surface area contributed by atoms with Crippen molar-refractivity contribution < 1.29 is 9.84 Å². The number of ether oxygens (including phenoxy) is 1. The SMILES string of the molecule is CC(C)CC(C)OCC(O)CNCc1ncn(C)n1. The highest BCUT2D eigenvalue weighted by Crippen LogP contribution is 2.07. The maximum absolute atomic E-state index is 9.78. The van der Waals surface area contributed by atoms with Crippen LogP contribution in [0, 0.1) is 5.92 Å². The second-order valence-corrected chi connectivity index (χ2v) is 5.39. The predicted molar refractivity (Wildman–Crippen MR) is 73.6 cm³/mol. The minimum atomic E-state index is -0.502. The van der Waals surface area contributed by atoms with Gasteiger partial charge in [0.15, 0.2) is 5.82 Å². The summed E-state index contributed by atoms with van der Waals surface area (Å²) in [6, 6.07) is 0. The summed E-state index contributed by atoms with van der Waals surface area (Å²) in [5, 5.41) is 17.0. The molecule has 0 saturated heterocycles. The smallest absolute Gasteiger partial charge is 0.164 e. The van der Waals surface area contributed by atoms with Gasteiger partial charge in [-0.2, -0.15) is 5.10 Å². The van der Waals surface area contributed by atoms with Gasteiger partial charge in [-0.15, -0.1) is 0 Å². The minimum absolute atomic E-state index is 0.187. The molecule has 0 aliphatic heterocycles. The zero-order valence-corrected chi connectivity index (χ0v) is 12.3. The van der Waals surface area contributed by atoms with E-state index in [1.165, 1.54) is 0 Å². The standard InChI is InChI=1S/C13H26N4O2/c1-10(2)5-11(3)19-8-12(18)6-14-7-13-15-9-17(4)16-13/h9-12,14,18H,5-8H2,1-4H3. The molecule has 0 spiro atoms. The molecule has 0 aliphatic rings. The van der Waals surface area contributed by atoms with Gasteiger partial charge in [-0.1, -0.05) is 13.8 Å². The molecule has 0 aromatic carbocycles. The maximum atomic E-state index is 9.78. The number of nitrogens with one attached hydrogen (secondary N) is 1. The number of nitrogens with zero attached hydrogens (tertiary/aromatic N) is 3. The minimum Gasteiger partial charge on any atom is -0.389 e. The van der Waals surface area contributed by atoms with E-state index in [4.69, 9.17) is 4.74 Å². The summed E-state index contributed by atoms with van der Waals surface area (Å²) in [6.45, 7) is 7.76. The Labute approximate surface area is 115 Å². The summed E-state index contributed by atoms with van der Waals surface area (Å²) in [4.78, 5) is 4.10. The Morgan fingerprint density at radius 2 is 2.16 bits per heavy atom. The van der Waals surface area contributed by atoms with Crippen molar-refractivity contribution in [2.24, 2.45) is 13.0 Å². The summed E-state index contributed by atoms with van der Waals surface area (Å²) in [5.74, 6) is 1.34. The molecule has 0 bridgehead atoms. The average Bonchev–Trinajstić information content (AvgIpc) is 2.71. The van der Waals surface area contributed by atoms with Gasteiger partial charge in [0.2, 0.25) is 0 Å². The molecule has 6 heteroatoms. The van der Waals surface area contributed by atoms with E-state index >= 15 is 0 Å². The molecule has 2 N–H and O–H groups in total. The van der Waals surface area contributed by atoms with Crippen LogP contribution in [0.25, 0.3) is 0 Å². The molecule has 110 valence electrons. The van der Waals surface area contributed by atoms with Crippen LogP contribution in [0.3, 0.4) is 0 Å². The molecule has 1 aromatic heterocycles. The van der Waals surface area contributed by atoms with Crippen LogP contribution >= 0.6 is 0 Å². The highest BCUT2D eigenvalue weighted by molar-refractivity contribution is 4.80. The van der Waals surface area contributed by atoms with E-state index in [9.17, 15) is 5.11 Å². The van der Waals surface area contributed by atoms with Crippen molar-refractivity contribution in [1.29, 1.82) is 0 Å². The van der Waals surface area contributed by atoms with Gasteiger partial charge in [0.25, 0.3) is 0 Å². The topological polar surface area (TPSA) is 72.2 Å². The Kier molecular flexibility index (Phi) is 6.97. The van der Waals surface area contributed by atoms with Crippen molar-refractivity contribution in [2.45, 2.75) is 45.9 Å². The van der Waals surface area contributed by atoms with Crippen molar-refractivity contribution >= 4 is 0 Å². The van der Waals surface area contributed by atoms with Crippen LogP contribution < -0.4 is 5.32 Å². The van der Waals surface area contributed by atoms with Crippen LogP contribution in [0.2, 0.25) is 0 Å². The molecule has 0 radical (unpaired) electrons. The second kappa shape index (κ2) is 8.24. The molecule has 1 aromatic rings. The second-order valence-electron chi connectivity index (χ2n) is 5.39. The van der Waals surface area contributed by atoms with Crippen LogP contribution in [0.1, 0.15) is 33.0 Å². The van der Waals surface area contributed by atoms with Gasteiger partial charge in [0.1, 0.15) is 6.33 Å². The normalized spacial score (nSPS) is 14.8. The largest absolute Gasteiger partial charge is 0.389 e. The van der Waals surface area contributed by atoms with Gasteiger partial charge in [-0.05, 0) is 19.3 Å². The third-order valence-electron chi connectivity index (χ3n) is 2.69. The number of aromatic nitrogens is 3. The number of rotatable bonds is 9. The summed E-state index contributed by atoms with van der Waals surface area (Å²) < 4.78 is 7.25. The van der Waals surface area contributed by atoms with E-state index in [2.05, 4.69) is 29.2 Å². The summed E-state index contributed by atoms with van der Waals surface area (Å²) >= 11 is 0. The van der Waals surface area contributed by atoms with Crippen LogP contribution in [-0.4, -0.2) is 45.2 Å². The van der Waals surface area contributed by atoms with Crippen molar-refractivity contribution in [3.05, 3.63) is 12.2 Å². The zero-order valence-electron chi connectivity index (χ0n) is 12.3. The lowest BCUT2D eigenvalue weighted by molar-refractivity contribution is -0.00861. The molecule has 1 rings (SSSR count). The average molecular weight is 270 g/mol. The first-order valence-electron chi connectivity index (χ1n) is 6.82. The van der Waals surface area contributed by atoms with Gasteiger partial charge in [-0.3, -0.25) is 4.68 Å². The summed E-state index contributed by atoms with van der Waals surface area (Å²) in [6.07, 6.45) is 2.35. The van der Waals surface area contributed by atoms with Crippen molar-refractivity contribution in [1.82, 2.24) is 20.1 Å². The monoisotopic (exact) mass is 270 g/mol. The molecule has 2 atom stereocenters. The maximum Gasteiger partial charge on any atom is 0.164 e. The van der Waals surface area contributed by atoms with E-state index in [-0.39, 0.29) is 6.10 Å². The predicted octanol–water partition coefficient (Wildman–Crippen LogP) is 0.717. The molecule has 19 heavy (non-hydrogen) atoms. The Morgan fingerprint density at radius 3 is 2.74 bits per heavy atom. The zero-order chi connectivity index (χ0) is 14.3. The van der Waals surface area contributed by atoms with Crippen LogP contribution in [0.5, 0.6) is 0 Å². The van der Waals surface area contributed by atoms with Gasteiger partial charge in [0, 0.05) is 13.6 Å². The molecule has 6 nitrogen and oxygen atoms in total. The molecule has 0 aliphatic carbocycles. The van der Waals surface area contributed by atoms with Crippen molar-refractivity contribution in [2.75, 3.05) is 13.2 Å². The fourth-order valence-corrected chi connectivity index (χ4v) is 1.88. The number of hydrogen-bond acceptors (Lipinski definition) is 5. The van der Waals surface area contributed by atoms with Crippen molar-refractivity contribution in [3.63, 3.8) is 0 Å². The van der Waals surface area contributed by atoms with E-state index in [1.807, 2.05) is 14.0 Å². The first kappa shape index (κ1) is 16.1. The van der Waals surface area contributed by atoms with E-state index in [0.717, 1.165) is 12.2 Å². The number of aliphatic hydroxyl groups excluding tert-OH is 1. The highest BCUT2D eigenvalue weighted by Gasteiger charge is 2.09. The Hall–Kier alpha value is -0.980. The number of aliphatic hydroxyl groups is 1. The third-order valence-corrected chi connectivity index (χ3v) is 2.69. The Bertz CT molecular complexity index is 354. The van der Waals surface area contributed by atoms with E-state index < -0.39 is 6.10 Å². The van der Waals surface area contributed by atoms with Crippen LogP contribution in [-0.2, 0) is 18.3 Å². The fraction of sp³-hybridized carbons (Fsp3) is 0.846. The molecule has 0 saturated carbocycles. The molecular formula is C13H26N4O2. The van der Waals surface area contributed by atoms with Gasteiger partial charge >= 0.3 is 0 Å². The van der Waals surface area contributed by atoms with Crippen LogP contribution in [0.15, 0.2) is 6.33 Å². The molecule has 2 unspecified atom stereocenters. The van der Waals surface area contributed by atoms with E-state index in [1.54, 1.807) is 11.0 Å².